The molecule has 0 spiro atoms. The van der Waals surface area contributed by atoms with E-state index in [1.807, 2.05) is 19.1 Å². The van der Waals surface area contributed by atoms with Gasteiger partial charge < -0.3 is 15.2 Å². The van der Waals surface area contributed by atoms with Gasteiger partial charge in [0, 0.05) is 18.1 Å². The fourth-order valence-corrected chi connectivity index (χ4v) is 2.49. The van der Waals surface area contributed by atoms with Crippen LogP contribution in [0.2, 0.25) is 5.02 Å². The van der Waals surface area contributed by atoms with Crippen molar-refractivity contribution in [1.29, 1.82) is 0 Å². The van der Waals surface area contributed by atoms with Gasteiger partial charge in [-0.2, -0.15) is 0 Å². The van der Waals surface area contributed by atoms with Gasteiger partial charge in [-0.3, -0.25) is 0 Å². The van der Waals surface area contributed by atoms with Crippen LogP contribution in [0.5, 0.6) is 5.75 Å². The van der Waals surface area contributed by atoms with Crippen LogP contribution < -0.4 is 10.1 Å². The highest BCUT2D eigenvalue weighted by Gasteiger charge is 2.06. The zero-order chi connectivity index (χ0) is 12.8. The first-order valence-electron chi connectivity index (χ1n) is 5.48. The van der Waals surface area contributed by atoms with Crippen molar-refractivity contribution in [3.05, 3.63) is 27.2 Å². The maximum Gasteiger partial charge on any atom is 0.136 e. The highest BCUT2D eigenvalue weighted by Crippen LogP contribution is 2.31. The van der Waals surface area contributed by atoms with Crippen molar-refractivity contribution in [2.45, 2.75) is 20.0 Å². The lowest BCUT2D eigenvalue weighted by molar-refractivity contribution is 0.188. The normalized spacial score (nSPS) is 12.5. The molecule has 1 aromatic carbocycles. The smallest absolute Gasteiger partial charge is 0.136 e. The lowest BCUT2D eigenvalue weighted by Crippen LogP contribution is -2.28. The van der Waals surface area contributed by atoms with E-state index in [0.717, 1.165) is 15.8 Å². The van der Waals surface area contributed by atoms with Crippen LogP contribution in [-0.4, -0.2) is 30.9 Å². The molecule has 0 unspecified atom stereocenters. The third kappa shape index (κ3) is 5.25. The van der Waals surface area contributed by atoms with Gasteiger partial charge in [0.15, 0.2) is 0 Å². The first-order valence-corrected chi connectivity index (χ1v) is 6.65. The third-order valence-electron chi connectivity index (χ3n) is 2.16. The molecular weight excluding hydrogens is 305 g/mol. The molecule has 0 fully saturated rings. The molecule has 0 aliphatic carbocycles. The lowest BCUT2D eigenvalue weighted by Gasteiger charge is -2.12. The number of ether oxygens (including phenoxy) is 1. The van der Waals surface area contributed by atoms with Crippen LogP contribution >= 0.6 is 27.5 Å². The zero-order valence-corrected chi connectivity index (χ0v) is 12.3. The van der Waals surface area contributed by atoms with Gasteiger partial charge in [0.25, 0.3) is 0 Å². The minimum Gasteiger partial charge on any atom is -0.491 e. The minimum atomic E-state index is -0.334. The predicted molar refractivity (Wildman–Crippen MR) is 73.9 cm³/mol. The van der Waals surface area contributed by atoms with Crippen LogP contribution in [0.4, 0.5) is 0 Å². The molecule has 1 rings (SSSR count). The lowest BCUT2D eigenvalue weighted by atomic mass is 10.2. The highest BCUT2D eigenvalue weighted by molar-refractivity contribution is 9.10. The number of hydrogen-bond acceptors (Lipinski definition) is 3. The van der Waals surface area contributed by atoms with Crippen molar-refractivity contribution < 1.29 is 9.84 Å². The van der Waals surface area contributed by atoms with Crippen LogP contribution in [0.3, 0.4) is 0 Å². The average molecular weight is 323 g/mol. The molecule has 5 heteroatoms. The Hall–Kier alpha value is -0.290. The number of aliphatic hydroxyl groups excluding tert-OH is 1. The van der Waals surface area contributed by atoms with Crippen LogP contribution in [0.25, 0.3) is 0 Å². The standard InChI is InChI=1S/C12H17BrClNO2/c1-8-5-10(14)6-11(13)12(8)17-4-3-15-7-9(2)16/h5-6,9,15-16H,3-4,7H2,1-2H3/t9-/m1/s1. The molecule has 0 saturated carbocycles. The van der Waals surface area contributed by atoms with E-state index in [2.05, 4.69) is 21.2 Å². The van der Waals surface area contributed by atoms with E-state index in [1.165, 1.54) is 0 Å². The molecule has 0 radical (unpaired) electrons. The quantitative estimate of drug-likeness (QED) is 0.791. The molecule has 0 saturated heterocycles. The van der Waals surface area contributed by atoms with Crippen molar-refractivity contribution in [3.63, 3.8) is 0 Å². The van der Waals surface area contributed by atoms with E-state index in [4.69, 9.17) is 21.4 Å². The second kappa shape index (κ2) is 7.21. The van der Waals surface area contributed by atoms with Gasteiger partial charge >= 0.3 is 0 Å². The summed E-state index contributed by atoms with van der Waals surface area (Å²) >= 11 is 9.34. The summed E-state index contributed by atoms with van der Waals surface area (Å²) in [4.78, 5) is 0. The van der Waals surface area contributed by atoms with Gasteiger partial charge in [0.05, 0.1) is 10.6 Å². The predicted octanol–water partition coefficient (Wildman–Crippen LogP) is 2.76. The molecule has 0 aliphatic heterocycles. The highest BCUT2D eigenvalue weighted by atomic mass is 79.9. The Bertz CT molecular complexity index is 349. The first-order chi connectivity index (χ1) is 8.00. The number of benzene rings is 1. The Morgan fingerprint density at radius 2 is 2.24 bits per heavy atom. The molecule has 2 N–H and O–H groups in total. The van der Waals surface area contributed by atoms with Gasteiger partial charge in [0.1, 0.15) is 12.4 Å². The molecule has 0 bridgehead atoms. The van der Waals surface area contributed by atoms with Crippen LogP contribution in [0, 0.1) is 6.92 Å². The van der Waals surface area contributed by atoms with E-state index in [0.29, 0.717) is 24.7 Å². The molecule has 3 nitrogen and oxygen atoms in total. The zero-order valence-electron chi connectivity index (χ0n) is 9.96. The van der Waals surface area contributed by atoms with Crippen molar-refractivity contribution in [2.75, 3.05) is 19.7 Å². The molecule has 1 atom stereocenters. The van der Waals surface area contributed by atoms with Crippen LogP contribution in [0.15, 0.2) is 16.6 Å². The fraction of sp³-hybridized carbons (Fsp3) is 0.500. The molecule has 0 amide bonds. The van der Waals surface area contributed by atoms with Crippen LogP contribution in [0.1, 0.15) is 12.5 Å². The Balaban J connectivity index is 2.42. The summed E-state index contributed by atoms with van der Waals surface area (Å²) in [6, 6.07) is 3.68. The molecule has 1 aromatic rings. The van der Waals surface area contributed by atoms with Crippen molar-refractivity contribution in [3.8, 4) is 5.75 Å². The van der Waals surface area contributed by atoms with Gasteiger partial charge in [-0.1, -0.05) is 11.6 Å². The van der Waals surface area contributed by atoms with E-state index in [9.17, 15) is 0 Å². The number of aliphatic hydroxyl groups is 1. The Labute approximate surface area is 115 Å². The SMILES string of the molecule is Cc1cc(Cl)cc(Br)c1OCCNC[C@@H](C)O. The van der Waals surface area contributed by atoms with Crippen molar-refractivity contribution in [1.82, 2.24) is 5.32 Å². The van der Waals surface area contributed by atoms with Gasteiger partial charge in [-0.15, -0.1) is 0 Å². The van der Waals surface area contributed by atoms with Gasteiger partial charge in [-0.05, 0) is 47.5 Å². The average Bonchev–Trinajstić information content (AvgIpc) is 2.20. The molecular formula is C12H17BrClNO2. The maximum atomic E-state index is 9.06. The Morgan fingerprint density at radius 1 is 1.53 bits per heavy atom. The number of rotatable bonds is 6. The first kappa shape index (κ1) is 14.8. The summed E-state index contributed by atoms with van der Waals surface area (Å²) < 4.78 is 6.51. The Kier molecular flexibility index (Phi) is 6.27. The molecule has 0 aliphatic rings. The largest absolute Gasteiger partial charge is 0.491 e. The molecule has 17 heavy (non-hydrogen) atoms. The summed E-state index contributed by atoms with van der Waals surface area (Å²) in [5.74, 6) is 0.813. The number of aryl methyl sites for hydroxylation is 1. The molecule has 96 valence electrons. The number of nitrogens with one attached hydrogen (secondary N) is 1. The van der Waals surface area contributed by atoms with Crippen molar-refractivity contribution in [2.24, 2.45) is 0 Å². The minimum absolute atomic E-state index is 0.334. The topological polar surface area (TPSA) is 41.5 Å². The summed E-state index contributed by atoms with van der Waals surface area (Å²) in [5, 5.41) is 12.8. The van der Waals surface area contributed by atoms with E-state index in [1.54, 1.807) is 6.92 Å². The van der Waals surface area contributed by atoms with Crippen LogP contribution in [-0.2, 0) is 0 Å². The second-order valence-corrected chi connectivity index (χ2v) is 5.23. The van der Waals surface area contributed by atoms with E-state index in [-0.39, 0.29) is 6.10 Å². The van der Waals surface area contributed by atoms with E-state index < -0.39 is 0 Å². The summed E-state index contributed by atoms with van der Waals surface area (Å²) in [7, 11) is 0. The molecule has 0 aromatic heterocycles. The second-order valence-electron chi connectivity index (χ2n) is 3.94. The van der Waals surface area contributed by atoms with Gasteiger partial charge in [0.2, 0.25) is 0 Å². The maximum absolute atomic E-state index is 9.06. The fourth-order valence-electron chi connectivity index (χ4n) is 1.41. The van der Waals surface area contributed by atoms with Crippen molar-refractivity contribution >= 4 is 27.5 Å². The molecule has 0 heterocycles. The summed E-state index contributed by atoms with van der Waals surface area (Å²) in [5.41, 5.74) is 1.000. The van der Waals surface area contributed by atoms with E-state index >= 15 is 0 Å². The Morgan fingerprint density at radius 3 is 2.82 bits per heavy atom. The summed E-state index contributed by atoms with van der Waals surface area (Å²) in [6.07, 6.45) is -0.334. The number of hydrogen-bond donors (Lipinski definition) is 2. The number of halogens is 2. The summed E-state index contributed by atoms with van der Waals surface area (Å²) in [6.45, 7) is 5.51. The van der Waals surface area contributed by atoms with Gasteiger partial charge in [-0.25, -0.2) is 0 Å². The third-order valence-corrected chi connectivity index (χ3v) is 2.97. The monoisotopic (exact) mass is 321 g/mol.